The minimum Gasteiger partial charge on any atom is -0.258 e. The summed E-state index contributed by atoms with van der Waals surface area (Å²) in [5.74, 6) is 0. The second-order valence-electron chi connectivity index (χ2n) is 3.87. The minimum atomic E-state index is -0.449. The van der Waals surface area contributed by atoms with Crippen molar-refractivity contribution in [3.63, 3.8) is 0 Å². The molecule has 100 valence electrons. The Morgan fingerprint density at radius 1 is 1.30 bits per heavy atom. The summed E-state index contributed by atoms with van der Waals surface area (Å²) >= 11 is 7.61. The number of non-ortho nitro benzene ring substituents is 1. The van der Waals surface area contributed by atoms with Gasteiger partial charge >= 0.3 is 0 Å². The van der Waals surface area contributed by atoms with Crippen LogP contribution in [-0.4, -0.2) is 19.7 Å². The van der Waals surface area contributed by atoms with Crippen LogP contribution in [0.25, 0.3) is 16.4 Å². The molecule has 3 rings (SSSR count). The Hall–Kier alpha value is -2.25. The predicted molar refractivity (Wildman–Crippen MR) is 76.3 cm³/mol. The summed E-state index contributed by atoms with van der Waals surface area (Å²) in [7, 11) is 0. The molecule has 0 aliphatic rings. The van der Waals surface area contributed by atoms with Gasteiger partial charge in [0.05, 0.1) is 10.6 Å². The molecule has 8 heteroatoms. The lowest BCUT2D eigenvalue weighted by atomic mass is 10.3. The zero-order valence-electron chi connectivity index (χ0n) is 9.93. The highest BCUT2D eigenvalue weighted by molar-refractivity contribution is 7.13. The molecule has 0 saturated carbocycles. The van der Waals surface area contributed by atoms with E-state index in [1.165, 1.54) is 28.2 Å². The van der Waals surface area contributed by atoms with Crippen molar-refractivity contribution in [1.29, 1.82) is 0 Å². The average molecular weight is 307 g/mol. The summed E-state index contributed by atoms with van der Waals surface area (Å²) in [6.45, 7) is 0. The van der Waals surface area contributed by atoms with E-state index < -0.39 is 4.92 Å². The SMILES string of the molecule is O=[N+]([O-])c1ccc(-n2nc(-c3nccs3)cc2Cl)cc1. The standard InChI is InChI=1S/C12H7ClN4O2S/c13-11-7-10(12-14-5-6-20-12)15-16(11)8-1-3-9(4-2-8)17(18)19/h1-7H. The third-order valence-electron chi connectivity index (χ3n) is 2.62. The third-order valence-corrected chi connectivity index (χ3v) is 3.69. The zero-order chi connectivity index (χ0) is 14.1. The van der Waals surface area contributed by atoms with Gasteiger partial charge in [0, 0.05) is 29.8 Å². The molecule has 0 fully saturated rings. The van der Waals surface area contributed by atoms with Crippen LogP contribution in [0.4, 0.5) is 5.69 Å². The average Bonchev–Trinajstić information content (AvgIpc) is 3.08. The van der Waals surface area contributed by atoms with E-state index in [-0.39, 0.29) is 5.69 Å². The molecule has 0 radical (unpaired) electrons. The molecule has 1 aromatic carbocycles. The van der Waals surface area contributed by atoms with E-state index in [4.69, 9.17) is 11.6 Å². The van der Waals surface area contributed by atoms with Crippen LogP contribution in [-0.2, 0) is 0 Å². The molecule has 0 atom stereocenters. The van der Waals surface area contributed by atoms with Crippen LogP contribution in [0, 0.1) is 10.1 Å². The quantitative estimate of drug-likeness (QED) is 0.548. The van der Waals surface area contributed by atoms with Crippen molar-refractivity contribution in [3.05, 3.63) is 57.2 Å². The van der Waals surface area contributed by atoms with Gasteiger partial charge in [-0.25, -0.2) is 9.67 Å². The number of hydrogen-bond acceptors (Lipinski definition) is 5. The molecule has 0 saturated heterocycles. The van der Waals surface area contributed by atoms with Crippen LogP contribution in [0.3, 0.4) is 0 Å². The molecular formula is C12H7ClN4O2S. The molecule has 0 amide bonds. The van der Waals surface area contributed by atoms with Crippen LogP contribution in [0.2, 0.25) is 5.15 Å². The first-order valence-electron chi connectivity index (χ1n) is 5.55. The number of halogens is 1. The fraction of sp³-hybridized carbons (Fsp3) is 0. The summed E-state index contributed by atoms with van der Waals surface area (Å²) in [6, 6.07) is 7.74. The highest BCUT2D eigenvalue weighted by Gasteiger charge is 2.12. The van der Waals surface area contributed by atoms with Crippen molar-refractivity contribution in [2.24, 2.45) is 0 Å². The molecule has 20 heavy (non-hydrogen) atoms. The van der Waals surface area contributed by atoms with Gasteiger partial charge in [0.15, 0.2) is 0 Å². The van der Waals surface area contributed by atoms with Gasteiger partial charge < -0.3 is 0 Å². The van der Waals surface area contributed by atoms with Gasteiger partial charge in [-0.15, -0.1) is 11.3 Å². The molecule has 3 aromatic rings. The van der Waals surface area contributed by atoms with Gasteiger partial charge in [-0.1, -0.05) is 11.6 Å². The lowest BCUT2D eigenvalue weighted by Crippen LogP contribution is -1.97. The number of rotatable bonds is 3. The van der Waals surface area contributed by atoms with E-state index >= 15 is 0 Å². The van der Waals surface area contributed by atoms with Crippen LogP contribution >= 0.6 is 22.9 Å². The smallest absolute Gasteiger partial charge is 0.258 e. The van der Waals surface area contributed by atoms with Crippen molar-refractivity contribution in [1.82, 2.24) is 14.8 Å². The van der Waals surface area contributed by atoms with Gasteiger partial charge in [0.2, 0.25) is 0 Å². The molecule has 0 bridgehead atoms. The lowest BCUT2D eigenvalue weighted by molar-refractivity contribution is -0.384. The molecule has 0 unspecified atom stereocenters. The van der Waals surface area contributed by atoms with E-state index in [1.807, 2.05) is 5.38 Å². The van der Waals surface area contributed by atoms with Gasteiger partial charge in [0.25, 0.3) is 5.69 Å². The van der Waals surface area contributed by atoms with Crippen LogP contribution in [0.5, 0.6) is 0 Å². The second kappa shape index (κ2) is 5.03. The first-order chi connectivity index (χ1) is 9.65. The number of benzene rings is 1. The van der Waals surface area contributed by atoms with Crippen molar-refractivity contribution in [3.8, 4) is 16.4 Å². The van der Waals surface area contributed by atoms with Crippen molar-refractivity contribution < 1.29 is 4.92 Å². The summed E-state index contributed by atoms with van der Waals surface area (Å²) in [4.78, 5) is 14.3. The zero-order valence-corrected chi connectivity index (χ0v) is 11.5. The number of nitro benzene ring substituents is 1. The molecule has 0 spiro atoms. The van der Waals surface area contributed by atoms with E-state index in [0.29, 0.717) is 16.5 Å². The van der Waals surface area contributed by atoms with Gasteiger partial charge in [0.1, 0.15) is 15.9 Å². The topological polar surface area (TPSA) is 73.8 Å². The largest absolute Gasteiger partial charge is 0.269 e. The highest BCUT2D eigenvalue weighted by Crippen LogP contribution is 2.26. The van der Waals surface area contributed by atoms with Crippen LogP contribution in [0.1, 0.15) is 0 Å². The maximum atomic E-state index is 10.6. The van der Waals surface area contributed by atoms with Gasteiger partial charge in [-0.2, -0.15) is 5.10 Å². The Morgan fingerprint density at radius 2 is 2.05 bits per heavy atom. The number of nitro groups is 1. The Balaban J connectivity index is 2.00. The number of hydrogen-bond donors (Lipinski definition) is 0. The Morgan fingerprint density at radius 3 is 2.65 bits per heavy atom. The summed E-state index contributed by atoms with van der Waals surface area (Å²) in [5, 5.41) is 18.0. The number of nitrogens with zero attached hydrogens (tertiary/aromatic N) is 4. The molecule has 0 aliphatic carbocycles. The fourth-order valence-corrected chi connectivity index (χ4v) is 2.54. The van der Waals surface area contributed by atoms with Gasteiger partial charge in [-0.05, 0) is 12.1 Å². The van der Waals surface area contributed by atoms with E-state index in [2.05, 4.69) is 10.1 Å². The van der Waals surface area contributed by atoms with Crippen LogP contribution in [0.15, 0.2) is 41.9 Å². The number of thiazole rings is 1. The monoisotopic (exact) mass is 306 g/mol. The maximum absolute atomic E-state index is 10.6. The van der Waals surface area contributed by atoms with Gasteiger partial charge in [-0.3, -0.25) is 10.1 Å². The first-order valence-corrected chi connectivity index (χ1v) is 6.81. The van der Waals surface area contributed by atoms with Crippen molar-refractivity contribution >= 4 is 28.6 Å². The van der Waals surface area contributed by atoms with E-state index in [0.717, 1.165) is 5.01 Å². The molecule has 2 heterocycles. The van der Waals surface area contributed by atoms with Crippen molar-refractivity contribution in [2.75, 3.05) is 0 Å². The normalized spacial score (nSPS) is 10.7. The highest BCUT2D eigenvalue weighted by atomic mass is 35.5. The summed E-state index contributed by atoms with van der Waals surface area (Å²) in [5.41, 5.74) is 1.35. The van der Waals surface area contributed by atoms with Crippen molar-refractivity contribution in [2.45, 2.75) is 0 Å². The first kappa shape index (κ1) is 12.8. The fourth-order valence-electron chi connectivity index (χ4n) is 1.71. The van der Waals surface area contributed by atoms with E-state index in [9.17, 15) is 10.1 Å². The lowest BCUT2D eigenvalue weighted by Gasteiger charge is -2.02. The number of aromatic nitrogens is 3. The Labute approximate surface area is 122 Å². The molecule has 0 N–H and O–H groups in total. The third kappa shape index (κ3) is 2.28. The minimum absolute atomic E-state index is 0.0252. The predicted octanol–water partition coefficient (Wildman–Crippen LogP) is 3.56. The maximum Gasteiger partial charge on any atom is 0.269 e. The Bertz CT molecular complexity index is 752. The second-order valence-corrected chi connectivity index (χ2v) is 5.16. The van der Waals surface area contributed by atoms with E-state index in [1.54, 1.807) is 24.4 Å². The molecule has 2 aromatic heterocycles. The summed E-state index contributed by atoms with van der Waals surface area (Å²) < 4.78 is 1.52. The summed E-state index contributed by atoms with van der Waals surface area (Å²) in [6.07, 6.45) is 1.69. The molecular weight excluding hydrogens is 300 g/mol. The van der Waals surface area contributed by atoms with Crippen LogP contribution < -0.4 is 0 Å². The molecule has 0 aliphatic heterocycles. The Kier molecular flexibility index (Phi) is 3.21. The molecule has 6 nitrogen and oxygen atoms in total.